The van der Waals surface area contributed by atoms with E-state index in [-0.39, 0.29) is 30.6 Å². The summed E-state index contributed by atoms with van der Waals surface area (Å²) in [6.07, 6.45) is -0.599. The van der Waals surface area contributed by atoms with Gasteiger partial charge in [0.25, 0.3) is 0 Å². The molecule has 0 aliphatic rings. The average molecular weight is 552 g/mol. The van der Waals surface area contributed by atoms with Crippen molar-refractivity contribution in [1.82, 2.24) is 5.32 Å². The molecule has 2 N–H and O–H groups in total. The molecule has 0 aliphatic carbocycles. The average Bonchev–Trinajstić information content (AvgIpc) is 2.96. The van der Waals surface area contributed by atoms with Crippen molar-refractivity contribution >= 4 is 29.8 Å². The third-order valence-electron chi connectivity index (χ3n) is 5.86. The van der Waals surface area contributed by atoms with Crippen molar-refractivity contribution in [2.75, 3.05) is 19.5 Å². The number of hydrogen-bond donors (Lipinski definition) is 2. The third-order valence-corrected chi connectivity index (χ3v) is 7.05. The summed E-state index contributed by atoms with van der Waals surface area (Å²) in [5.74, 6) is -0.134. The lowest BCUT2D eigenvalue weighted by Crippen LogP contribution is -2.43. The highest BCUT2D eigenvalue weighted by molar-refractivity contribution is 7.99. The molecule has 3 aromatic carbocycles. The minimum Gasteiger partial charge on any atom is -0.508 e. The molecular formula is C30H33NO7S. The van der Waals surface area contributed by atoms with Crippen LogP contribution in [0.4, 0.5) is 4.79 Å². The summed E-state index contributed by atoms with van der Waals surface area (Å²) in [5.41, 5.74) is 3.52. The number of rotatable bonds is 12. The van der Waals surface area contributed by atoms with Crippen LogP contribution in [-0.2, 0) is 32.0 Å². The van der Waals surface area contributed by atoms with Crippen molar-refractivity contribution in [2.45, 2.75) is 38.2 Å². The number of phenolic OH excluding ortho intramolecular Hbond substituents is 1. The van der Waals surface area contributed by atoms with Crippen LogP contribution in [0.3, 0.4) is 0 Å². The Kier molecular flexibility index (Phi) is 11.2. The number of thioether (sulfide) groups is 1. The topological polar surface area (TPSA) is 111 Å². The van der Waals surface area contributed by atoms with Gasteiger partial charge in [0, 0.05) is 12.0 Å². The van der Waals surface area contributed by atoms with Gasteiger partial charge in [0.05, 0.1) is 24.5 Å². The van der Waals surface area contributed by atoms with E-state index in [0.29, 0.717) is 11.1 Å². The number of amides is 1. The minimum absolute atomic E-state index is 0.0657. The summed E-state index contributed by atoms with van der Waals surface area (Å²) in [4.78, 5) is 37.0. The van der Waals surface area contributed by atoms with E-state index in [1.165, 1.54) is 7.11 Å². The summed E-state index contributed by atoms with van der Waals surface area (Å²) >= 11 is 1.62. The summed E-state index contributed by atoms with van der Waals surface area (Å²) in [7, 11) is 1.33. The quantitative estimate of drug-likeness (QED) is 0.227. The molecule has 2 atom stereocenters. The van der Waals surface area contributed by atoms with E-state index in [9.17, 15) is 19.5 Å². The van der Waals surface area contributed by atoms with Gasteiger partial charge >= 0.3 is 18.0 Å². The maximum absolute atomic E-state index is 12.7. The fourth-order valence-electron chi connectivity index (χ4n) is 3.96. The molecule has 0 spiro atoms. The minimum atomic E-state index is -0.984. The van der Waals surface area contributed by atoms with Crippen LogP contribution in [0.5, 0.6) is 5.75 Å². The van der Waals surface area contributed by atoms with Gasteiger partial charge in [-0.1, -0.05) is 61.5 Å². The number of esters is 2. The summed E-state index contributed by atoms with van der Waals surface area (Å²) < 4.78 is 15.3. The fraction of sp³-hybridized carbons (Fsp3) is 0.300. The van der Waals surface area contributed by atoms with Gasteiger partial charge < -0.3 is 24.6 Å². The lowest BCUT2D eigenvalue weighted by molar-refractivity contribution is -0.145. The zero-order valence-electron chi connectivity index (χ0n) is 22.2. The van der Waals surface area contributed by atoms with Crippen molar-refractivity contribution in [3.63, 3.8) is 0 Å². The number of methoxy groups -OCH3 is 1. The molecule has 0 bridgehead atoms. The highest BCUT2D eigenvalue weighted by Gasteiger charge is 2.25. The summed E-state index contributed by atoms with van der Waals surface area (Å²) in [5, 5.41) is 13.1. The molecule has 1 unspecified atom stereocenters. The maximum Gasteiger partial charge on any atom is 0.408 e. The number of carbonyl (C=O) groups is 3. The highest BCUT2D eigenvalue weighted by atomic mass is 32.2. The second kappa shape index (κ2) is 14.8. The smallest absolute Gasteiger partial charge is 0.408 e. The molecule has 0 aromatic heterocycles. The van der Waals surface area contributed by atoms with E-state index in [2.05, 4.69) is 5.32 Å². The van der Waals surface area contributed by atoms with Crippen LogP contribution in [0.15, 0.2) is 72.8 Å². The monoisotopic (exact) mass is 551 g/mol. The number of hydrogen-bond acceptors (Lipinski definition) is 8. The van der Waals surface area contributed by atoms with Gasteiger partial charge in [0.15, 0.2) is 0 Å². The van der Waals surface area contributed by atoms with Gasteiger partial charge in [0.1, 0.15) is 18.4 Å². The number of benzene rings is 3. The first kappa shape index (κ1) is 29.6. The molecule has 0 heterocycles. The first-order valence-corrected chi connectivity index (χ1v) is 13.7. The molecular weight excluding hydrogens is 518 g/mol. The standard InChI is InChI=1S/C30H33NO7S/c1-4-37-29(34)25(31-30(35)38-19-20-9-7-6-8-10-20)18-21-11-16-26(32)24(17-21)27(39-5-2)22-12-14-23(15-13-22)28(33)36-3/h6-17,25,27,32H,4-5,18-19H2,1-3H3,(H,31,35)/t25-,27?/m1/s1. The van der Waals surface area contributed by atoms with Gasteiger partial charge in [-0.05, 0) is 47.6 Å². The Labute approximate surface area is 232 Å². The van der Waals surface area contributed by atoms with Crippen LogP contribution >= 0.6 is 11.8 Å². The third kappa shape index (κ3) is 8.51. The van der Waals surface area contributed by atoms with Crippen molar-refractivity contribution in [3.05, 3.63) is 101 Å². The molecule has 0 aliphatic heterocycles. The van der Waals surface area contributed by atoms with E-state index < -0.39 is 24.1 Å². The molecule has 39 heavy (non-hydrogen) atoms. The van der Waals surface area contributed by atoms with Crippen molar-refractivity contribution in [1.29, 1.82) is 0 Å². The molecule has 9 heteroatoms. The van der Waals surface area contributed by atoms with Crippen LogP contribution in [0.25, 0.3) is 0 Å². The number of carbonyl (C=O) groups excluding carboxylic acids is 3. The Morgan fingerprint density at radius 1 is 0.923 bits per heavy atom. The lowest BCUT2D eigenvalue weighted by Gasteiger charge is -2.21. The highest BCUT2D eigenvalue weighted by Crippen LogP contribution is 2.40. The molecule has 206 valence electrons. The molecule has 0 fully saturated rings. The van der Waals surface area contributed by atoms with E-state index in [4.69, 9.17) is 14.2 Å². The molecule has 0 saturated carbocycles. The van der Waals surface area contributed by atoms with Gasteiger partial charge in [-0.2, -0.15) is 0 Å². The Bertz CT molecular complexity index is 1250. The van der Waals surface area contributed by atoms with Crippen LogP contribution in [0.2, 0.25) is 0 Å². The van der Waals surface area contributed by atoms with Gasteiger partial charge in [0.2, 0.25) is 0 Å². The molecule has 0 saturated heterocycles. The van der Waals surface area contributed by atoms with E-state index >= 15 is 0 Å². The van der Waals surface area contributed by atoms with Crippen molar-refractivity contribution in [3.8, 4) is 5.75 Å². The predicted octanol–water partition coefficient (Wildman–Crippen LogP) is 5.42. The van der Waals surface area contributed by atoms with Crippen molar-refractivity contribution in [2.24, 2.45) is 0 Å². The van der Waals surface area contributed by atoms with Crippen LogP contribution in [0, 0.1) is 0 Å². The number of nitrogens with one attached hydrogen (secondary N) is 1. The van der Waals surface area contributed by atoms with Gasteiger partial charge in [-0.15, -0.1) is 11.8 Å². The van der Waals surface area contributed by atoms with Crippen molar-refractivity contribution < 1.29 is 33.7 Å². The van der Waals surface area contributed by atoms with Crippen LogP contribution in [0.1, 0.15) is 51.7 Å². The lowest BCUT2D eigenvalue weighted by atomic mass is 9.97. The Morgan fingerprint density at radius 2 is 1.64 bits per heavy atom. The van der Waals surface area contributed by atoms with E-state index in [1.54, 1.807) is 43.0 Å². The predicted molar refractivity (Wildman–Crippen MR) is 150 cm³/mol. The molecule has 0 radical (unpaired) electrons. The molecule has 3 rings (SSSR count). The SMILES string of the molecule is CCOC(=O)[C@@H](Cc1ccc(O)c(C(SCC)c2ccc(C(=O)OC)cc2)c1)NC(=O)OCc1ccccc1. The molecule has 3 aromatic rings. The zero-order valence-corrected chi connectivity index (χ0v) is 23.0. The Hall–Kier alpha value is -3.98. The second-order valence-electron chi connectivity index (χ2n) is 8.56. The summed E-state index contributed by atoms with van der Waals surface area (Å²) in [6, 6.07) is 20.4. The van der Waals surface area contributed by atoms with Crippen LogP contribution in [-0.4, -0.2) is 48.6 Å². The zero-order chi connectivity index (χ0) is 28.2. The van der Waals surface area contributed by atoms with E-state index in [1.807, 2.05) is 55.5 Å². The number of alkyl carbamates (subject to hydrolysis) is 1. The Morgan fingerprint density at radius 3 is 2.28 bits per heavy atom. The number of phenols is 1. The first-order valence-electron chi connectivity index (χ1n) is 12.6. The van der Waals surface area contributed by atoms with Gasteiger partial charge in [-0.3, -0.25) is 0 Å². The second-order valence-corrected chi connectivity index (χ2v) is 9.94. The molecule has 1 amide bonds. The normalized spacial score (nSPS) is 12.2. The van der Waals surface area contributed by atoms with E-state index in [0.717, 1.165) is 22.4 Å². The number of aromatic hydroxyl groups is 1. The first-order chi connectivity index (χ1) is 18.9. The maximum atomic E-state index is 12.7. The molecule has 8 nitrogen and oxygen atoms in total. The summed E-state index contributed by atoms with van der Waals surface area (Å²) in [6.45, 7) is 3.94. The fourth-order valence-corrected chi connectivity index (χ4v) is 5.02. The van der Waals surface area contributed by atoms with Gasteiger partial charge in [-0.25, -0.2) is 14.4 Å². The number of ether oxygens (including phenoxy) is 3. The largest absolute Gasteiger partial charge is 0.508 e. The Balaban J connectivity index is 1.81. The van der Waals surface area contributed by atoms with Crippen LogP contribution < -0.4 is 5.32 Å².